The minimum Gasteiger partial charge on any atom is -0.355 e. The van der Waals surface area contributed by atoms with Gasteiger partial charge in [0.15, 0.2) is 6.29 Å². The zero-order chi connectivity index (χ0) is 15.1. The molecule has 0 aliphatic rings. The van der Waals surface area contributed by atoms with Crippen LogP contribution in [0.15, 0.2) is 60.7 Å². The van der Waals surface area contributed by atoms with Crippen molar-refractivity contribution in [3.63, 3.8) is 0 Å². The van der Waals surface area contributed by atoms with E-state index in [2.05, 4.69) is 55.5 Å². The largest absolute Gasteiger partial charge is 0.355 e. The van der Waals surface area contributed by atoms with E-state index in [1.807, 2.05) is 12.1 Å². The number of hydrogen-bond acceptors (Lipinski definition) is 2. The number of methoxy groups -OCH3 is 2. The molecule has 0 aromatic heterocycles. The summed E-state index contributed by atoms with van der Waals surface area (Å²) in [6, 6.07) is 21.0. The number of hydrogen-bond donors (Lipinski definition) is 0. The summed E-state index contributed by atoms with van der Waals surface area (Å²) in [4.78, 5) is 0. The Kier molecular flexibility index (Phi) is 5.54. The van der Waals surface area contributed by atoms with E-state index in [0.29, 0.717) is 0 Å². The molecule has 2 nitrogen and oxygen atoms in total. The lowest BCUT2D eigenvalue weighted by Gasteiger charge is -2.36. The van der Waals surface area contributed by atoms with Crippen molar-refractivity contribution in [2.24, 2.45) is 5.41 Å². The molecule has 0 radical (unpaired) electrons. The van der Waals surface area contributed by atoms with Gasteiger partial charge in [-0.1, -0.05) is 67.6 Å². The quantitative estimate of drug-likeness (QED) is 0.713. The molecule has 0 N–H and O–H groups in total. The first-order valence-electron chi connectivity index (χ1n) is 7.31. The van der Waals surface area contributed by atoms with Gasteiger partial charge in [-0.15, -0.1) is 0 Å². The minimum absolute atomic E-state index is 0.119. The van der Waals surface area contributed by atoms with Crippen molar-refractivity contribution >= 4 is 0 Å². The van der Waals surface area contributed by atoms with Crippen LogP contribution in [0.5, 0.6) is 0 Å². The van der Waals surface area contributed by atoms with Crippen LogP contribution in [0.3, 0.4) is 0 Å². The van der Waals surface area contributed by atoms with Gasteiger partial charge < -0.3 is 9.47 Å². The average molecular weight is 284 g/mol. The Morgan fingerprint density at radius 1 is 0.762 bits per heavy atom. The van der Waals surface area contributed by atoms with E-state index in [9.17, 15) is 0 Å². The predicted octanol–water partition coefficient (Wildman–Crippen LogP) is 4.10. The minimum atomic E-state index is -0.238. The second kappa shape index (κ2) is 7.39. The molecule has 21 heavy (non-hydrogen) atoms. The van der Waals surface area contributed by atoms with E-state index in [0.717, 1.165) is 12.8 Å². The van der Waals surface area contributed by atoms with E-state index >= 15 is 0 Å². The lowest BCUT2D eigenvalue weighted by molar-refractivity contribution is -0.172. The molecule has 0 aliphatic carbocycles. The Bertz CT molecular complexity index is 476. The zero-order valence-electron chi connectivity index (χ0n) is 13.1. The second-order valence-corrected chi connectivity index (χ2v) is 5.78. The smallest absolute Gasteiger partial charge is 0.162 e. The third-order valence-corrected chi connectivity index (χ3v) is 3.90. The first-order valence-corrected chi connectivity index (χ1v) is 7.31. The highest BCUT2D eigenvalue weighted by Gasteiger charge is 2.35. The van der Waals surface area contributed by atoms with Crippen molar-refractivity contribution < 1.29 is 9.47 Å². The maximum atomic E-state index is 5.59. The Labute approximate surface area is 127 Å². The normalized spacial score (nSPS) is 11.8. The summed E-state index contributed by atoms with van der Waals surface area (Å²) in [6.07, 6.45) is 1.59. The molecule has 0 atom stereocenters. The van der Waals surface area contributed by atoms with E-state index in [1.54, 1.807) is 14.2 Å². The summed E-state index contributed by atoms with van der Waals surface area (Å²) < 4.78 is 11.2. The number of benzene rings is 2. The predicted molar refractivity (Wildman–Crippen MR) is 86.2 cm³/mol. The zero-order valence-corrected chi connectivity index (χ0v) is 13.1. The van der Waals surface area contributed by atoms with Gasteiger partial charge in [-0.2, -0.15) is 0 Å². The first-order chi connectivity index (χ1) is 10.2. The molecular weight excluding hydrogens is 260 g/mol. The van der Waals surface area contributed by atoms with Gasteiger partial charge in [0.1, 0.15) is 0 Å². The molecule has 0 amide bonds. The van der Waals surface area contributed by atoms with Crippen molar-refractivity contribution in [1.82, 2.24) is 0 Å². The van der Waals surface area contributed by atoms with Gasteiger partial charge >= 0.3 is 0 Å². The monoisotopic (exact) mass is 284 g/mol. The highest BCUT2D eigenvalue weighted by atomic mass is 16.7. The third kappa shape index (κ3) is 4.16. The van der Waals surface area contributed by atoms with Gasteiger partial charge in [0.25, 0.3) is 0 Å². The topological polar surface area (TPSA) is 18.5 Å². The molecule has 0 unspecified atom stereocenters. The summed E-state index contributed by atoms with van der Waals surface area (Å²) in [5, 5.41) is 0. The van der Waals surface area contributed by atoms with Crippen LogP contribution < -0.4 is 0 Å². The van der Waals surface area contributed by atoms with Gasteiger partial charge in [-0.25, -0.2) is 0 Å². The SMILES string of the molecule is COC(OC)C(C)(Cc1ccccc1)Cc1ccccc1. The van der Waals surface area contributed by atoms with Crippen LogP contribution in [0, 0.1) is 5.41 Å². The summed E-state index contributed by atoms with van der Waals surface area (Å²) in [5.41, 5.74) is 2.48. The summed E-state index contributed by atoms with van der Waals surface area (Å²) in [5.74, 6) is 0. The molecule has 0 bridgehead atoms. The number of rotatable bonds is 7. The fourth-order valence-corrected chi connectivity index (χ4v) is 3.02. The summed E-state index contributed by atoms with van der Waals surface area (Å²) in [6.45, 7) is 2.23. The van der Waals surface area contributed by atoms with Crippen LogP contribution >= 0.6 is 0 Å². The Balaban J connectivity index is 2.25. The lowest BCUT2D eigenvalue weighted by atomic mass is 9.77. The van der Waals surface area contributed by atoms with E-state index in [-0.39, 0.29) is 11.7 Å². The van der Waals surface area contributed by atoms with Gasteiger partial charge in [-0.3, -0.25) is 0 Å². The molecule has 0 aliphatic heterocycles. The fourth-order valence-electron chi connectivity index (χ4n) is 3.02. The van der Waals surface area contributed by atoms with Crippen molar-refractivity contribution in [2.45, 2.75) is 26.1 Å². The molecule has 2 heteroatoms. The van der Waals surface area contributed by atoms with Crippen LogP contribution in [0.4, 0.5) is 0 Å². The van der Waals surface area contributed by atoms with Crippen LogP contribution in [-0.4, -0.2) is 20.5 Å². The first kappa shape index (κ1) is 15.7. The molecule has 2 aromatic rings. The van der Waals surface area contributed by atoms with E-state index in [1.165, 1.54) is 11.1 Å². The van der Waals surface area contributed by atoms with Crippen molar-refractivity contribution in [3.05, 3.63) is 71.8 Å². The molecule has 2 aromatic carbocycles. The maximum absolute atomic E-state index is 5.59. The molecule has 112 valence electrons. The van der Waals surface area contributed by atoms with Crippen molar-refractivity contribution in [2.75, 3.05) is 14.2 Å². The Morgan fingerprint density at radius 3 is 1.48 bits per heavy atom. The molecular formula is C19H24O2. The molecule has 0 heterocycles. The van der Waals surface area contributed by atoms with Gasteiger partial charge in [0.2, 0.25) is 0 Å². The molecule has 2 rings (SSSR count). The van der Waals surface area contributed by atoms with Gasteiger partial charge in [-0.05, 0) is 24.0 Å². The van der Waals surface area contributed by atoms with E-state index < -0.39 is 0 Å². The maximum Gasteiger partial charge on any atom is 0.162 e. The number of ether oxygens (including phenoxy) is 2. The standard InChI is InChI=1S/C19H24O2/c1-19(18(20-2)21-3,14-16-10-6-4-7-11-16)15-17-12-8-5-9-13-17/h4-13,18H,14-15H2,1-3H3. The second-order valence-electron chi connectivity index (χ2n) is 5.78. The summed E-state index contributed by atoms with van der Waals surface area (Å²) in [7, 11) is 3.42. The highest BCUT2D eigenvalue weighted by Crippen LogP contribution is 2.33. The van der Waals surface area contributed by atoms with Crippen molar-refractivity contribution in [3.8, 4) is 0 Å². The highest BCUT2D eigenvalue weighted by molar-refractivity contribution is 5.20. The molecule has 0 fully saturated rings. The Morgan fingerprint density at radius 2 is 1.14 bits per heavy atom. The van der Waals surface area contributed by atoms with Gasteiger partial charge in [0.05, 0.1) is 0 Å². The van der Waals surface area contributed by atoms with Crippen LogP contribution in [0.2, 0.25) is 0 Å². The average Bonchev–Trinajstić information content (AvgIpc) is 2.50. The Hall–Kier alpha value is -1.64. The fraction of sp³-hybridized carbons (Fsp3) is 0.368. The molecule has 0 saturated carbocycles. The van der Waals surface area contributed by atoms with Crippen LogP contribution in [0.1, 0.15) is 18.1 Å². The van der Waals surface area contributed by atoms with Gasteiger partial charge in [0, 0.05) is 19.6 Å². The third-order valence-electron chi connectivity index (χ3n) is 3.90. The molecule has 0 spiro atoms. The molecule has 0 saturated heterocycles. The van der Waals surface area contributed by atoms with Crippen LogP contribution in [0.25, 0.3) is 0 Å². The van der Waals surface area contributed by atoms with Crippen molar-refractivity contribution in [1.29, 1.82) is 0 Å². The summed E-state index contributed by atoms with van der Waals surface area (Å²) >= 11 is 0. The van der Waals surface area contributed by atoms with Crippen LogP contribution in [-0.2, 0) is 22.3 Å². The lowest BCUT2D eigenvalue weighted by Crippen LogP contribution is -2.39. The van der Waals surface area contributed by atoms with E-state index in [4.69, 9.17) is 9.47 Å².